The second kappa shape index (κ2) is 9.52. The fourth-order valence-electron chi connectivity index (χ4n) is 3.26. The summed E-state index contributed by atoms with van der Waals surface area (Å²) >= 11 is 1.73. The van der Waals surface area contributed by atoms with Crippen molar-refractivity contribution in [3.05, 3.63) is 66.9 Å². The molecule has 1 aliphatic heterocycles. The summed E-state index contributed by atoms with van der Waals surface area (Å²) < 4.78 is 0. The highest BCUT2D eigenvalue weighted by molar-refractivity contribution is 7.99. The number of amides is 1. The maximum atomic E-state index is 12.5. The smallest absolute Gasteiger partial charge is 0.223 e. The molecule has 0 unspecified atom stereocenters. The lowest BCUT2D eigenvalue weighted by atomic mass is 10.2. The van der Waals surface area contributed by atoms with Crippen molar-refractivity contribution in [1.29, 1.82) is 0 Å². The molecule has 0 atom stereocenters. The van der Waals surface area contributed by atoms with Crippen LogP contribution in [0.1, 0.15) is 6.42 Å². The molecule has 1 aliphatic rings. The number of benzene rings is 1. The average Bonchev–Trinajstić information content (AvgIpc) is 2.80. The van der Waals surface area contributed by atoms with Crippen LogP contribution in [-0.4, -0.2) is 57.9 Å². The van der Waals surface area contributed by atoms with Crippen molar-refractivity contribution < 1.29 is 4.79 Å². The summed E-state index contributed by atoms with van der Waals surface area (Å²) in [4.78, 5) is 22.1. The largest absolute Gasteiger partial charge is 0.352 e. The van der Waals surface area contributed by atoms with Crippen LogP contribution < -0.4 is 4.90 Å². The summed E-state index contributed by atoms with van der Waals surface area (Å²) in [5.41, 5.74) is 1.58. The van der Waals surface area contributed by atoms with Gasteiger partial charge in [-0.25, -0.2) is 0 Å². The molecule has 0 spiro atoms. The molecule has 1 saturated heterocycles. The number of rotatable bonds is 6. The third kappa shape index (κ3) is 5.12. The topological polar surface area (TPSA) is 62.2 Å². The molecule has 29 heavy (non-hydrogen) atoms. The van der Waals surface area contributed by atoms with E-state index in [4.69, 9.17) is 0 Å². The van der Waals surface area contributed by atoms with Crippen molar-refractivity contribution >= 4 is 23.5 Å². The molecule has 0 N–H and O–H groups in total. The summed E-state index contributed by atoms with van der Waals surface area (Å²) in [5, 5.41) is 8.67. The number of hydrogen-bond donors (Lipinski definition) is 0. The lowest BCUT2D eigenvalue weighted by Gasteiger charge is -2.35. The number of nitrogens with zero attached hydrogens (tertiary/aromatic N) is 5. The van der Waals surface area contributed by atoms with E-state index in [1.54, 1.807) is 18.0 Å². The highest BCUT2D eigenvalue weighted by atomic mass is 32.2. The van der Waals surface area contributed by atoms with Crippen LogP contribution in [0.5, 0.6) is 0 Å². The van der Waals surface area contributed by atoms with Crippen LogP contribution >= 0.6 is 11.8 Å². The van der Waals surface area contributed by atoms with Gasteiger partial charge in [-0.3, -0.25) is 9.78 Å². The molecule has 1 aromatic carbocycles. The number of piperazine rings is 1. The third-order valence-electron chi connectivity index (χ3n) is 4.86. The minimum absolute atomic E-state index is 0.227. The van der Waals surface area contributed by atoms with Crippen molar-refractivity contribution in [2.45, 2.75) is 11.3 Å². The Balaban J connectivity index is 1.25. The van der Waals surface area contributed by atoms with Crippen LogP contribution in [0.2, 0.25) is 0 Å². The molecule has 1 fully saturated rings. The predicted octanol–water partition coefficient (Wildman–Crippen LogP) is 3.37. The molecule has 3 heterocycles. The first-order valence-electron chi connectivity index (χ1n) is 9.75. The molecular formula is C22H23N5OS. The van der Waals surface area contributed by atoms with E-state index in [1.807, 2.05) is 53.4 Å². The van der Waals surface area contributed by atoms with Crippen LogP contribution in [0.4, 0.5) is 5.82 Å². The van der Waals surface area contributed by atoms with Gasteiger partial charge in [-0.1, -0.05) is 24.3 Å². The fraction of sp³-hybridized carbons (Fsp3) is 0.273. The van der Waals surface area contributed by atoms with Gasteiger partial charge in [0.15, 0.2) is 5.82 Å². The molecule has 2 aromatic heterocycles. The maximum Gasteiger partial charge on any atom is 0.223 e. The Morgan fingerprint density at radius 3 is 2.34 bits per heavy atom. The molecule has 6 nitrogen and oxygen atoms in total. The van der Waals surface area contributed by atoms with Crippen molar-refractivity contribution in [1.82, 2.24) is 20.1 Å². The first kappa shape index (κ1) is 19.4. The molecule has 148 valence electrons. The lowest BCUT2D eigenvalue weighted by molar-refractivity contribution is -0.131. The number of aromatic nitrogens is 3. The highest BCUT2D eigenvalue weighted by Gasteiger charge is 2.22. The first-order valence-corrected chi connectivity index (χ1v) is 10.7. The van der Waals surface area contributed by atoms with E-state index < -0.39 is 0 Å². The number of carbonyl (C=O) groups excluding carboxylic acids is 1. The molecular weight excluding hydrogens is 382 g/mol. The summed E-state index contributed by atoms with van der Waals surface area (Å²) in [6.07, 6.45) is 2.32. The van der Waals surface area contributed by atoms with E-state index in [0.29, 0.717) is 6.42 Å². The van der Waals surface area contributed by atoms with Gasteiger partial charge >= 0.3 is 0 Å². The van der Waals surface area contributed by atoms with Crippen molar-refractivity contribution in [2.75, 3.05) is 36.8 Å². The molecule has 7 heteroatoms. The van der Waals surface area contributed by atoms with Crippen molar-refractivity contribution in [3.63, 3.8) is 0 Å². The summed E-state index contributed by atoms with van der Waals surface area (Å²) in [7, 11) is 0. The maximum absolute atomic E-state index is 12.5. The quantitative estimate of drug-likeness (QED) is 0.586. The molecule has 3 aromatic rings. The van der Waals surface area contributed by atoms with Gasteiger partial charge < -0.3 is 9.80 Å². The Hall–Kier alpha value is -2.93. The number of carbonyl (C=O) groups is 1. The number of pyridine rings is 1. The molecule has 0 bridgehead atoms. The monoisotopic (exact) mass is 405 g/mol. The number of anilines is 1. The van der Waals surface area contributed by atoms with Gasteiger partial charge in [0.2, 0.25) is 5.91 Å². The molecule has 0 saturated carbocycles. The van der Waals surface area contributed by atoms with E-state index in [9.17, 15) is 4.79 Å². The van der Waals surface area contributed by atoms with Gasteiger partial charge in [0.05, 0.1) is 5.69 Å². The molecule has 4 rings (SSSR count). The van der Waals surface area contributed by atoms with Gasteiger partial charge in [-0.05, 0) is 36.4 Å². The zero-order valence-corrected chi connectivity index (χ0v) is 17.0. The van der Waals surface area contributed by atoms with Gasteiger partial charge in [-0.2, -0.15) is 0 Å². The first-order chi connectivity index (χ1) is 14.3. The van der Waals surface area contributed by atoms with Crippen LogP contribution in [-0.2, 0) is 4.79 Å². The van der Waals surface area contributed by atoms with Gasteiger partial charge in [0.1, 0.15) is 5.69 Å². The summed E-state index contributed by atoms with van der Waals surface area (Å²) in [6, 6.07) is 19.9. The van der Waals surface area contributed by atoms with Crippen molar-refractivity contribution in [2.24, 2.45) is 0 Å². The Morgan fingerprint density at radius 1 is 0.862 bits per heavy atom. The minimum atomic E-state index is 0.227. The van der Waals surface area contributed by atoms with Crippen LogP contribution in [0.25, 0.3) is 11.4 Å². The van der Waals surface area contributed by atoms with Crippen LogP contribution in [0, 0.1) is 0 Å². The summed E-state index contributed by atoms with van der Waals surface area (Å²) in [5.74, 6) is 1.88. The Morgan fingerprint density at radius 2 is 1.66 bits per heavy atom. The normalized spacial score (nSPS) is 14.1. The number of thioether (sulfide) groups is 1. The van der Waals surface area contributed by atoms with E-state index in [1.165, 1.54) is 4.90 Å². The molecule has 0 radical (unpaired) electrons. The van der Waals surface area contributed by atoms with Crippen LogP contribution in [0.15, 0.2) is 71.8 Å². The Bertz CT molecular complexity index is 913. The molecule has 0 aliphatic carbocycles. The Kier molecular flexibility index (Phi) is 6.36. The van der Waals surface area contributed by atoms with E-state index in [0.717, 1.165) is 49.1 Å². The fourth-order valence-corrected chi connectivity index (χ4v) is 4.12. The standard InChI is InChI=1S/C22H23N5OS/c28-22(11-17-29-18-6-2-1-3-7-18)27-15-13-26(14-16-27)21-10-9-20(24-25-21)19-8-4-5-12-23-19/h1-10,12H,11,13-17H2. The SMILES string of the molecule is O=C(CCSc1ccccc1)N1CCN(c2ccc(-c3ccccn3)nn2)CC1. The summed E-state index contributed by atoms with van der Waals surface area (Å²) in [6.45, 7) is 2.99. The van der Waals surface area contributed by atoms with Gasteiger partial charge in [-0.15, -0.1) is 22.0 Å². The van der Waals surface area contributed by atoms with E-state index >= 15 is 0 Å². The number of hydrogen-bond acceptors (Lipinski definition) is 6. The van der Waals surface area contributed by atoms with Crippen molar-refractivity contribution in [3.8, 4) is 11.4 Å². The second-order valence-corrected chi connectivity index (χ2v) is 7.94. The zero-order valence-electron chi connectivity index (χ0n) is 16.1. The molecule has 1 amide bonds. The lowest BCUT2D eigenvalue weighted by Crippen LogP contribution is -2.49. The van der Waals surface area contributed by atoms with Gasteiger partial charge in [0.25, 0.3) is 0 Å². The second-order valence-electron chi connectivity index (χ2n) is 6.77. The average molecular weight is 406 g/mol. The highest BCUT2D eigenvalue weighted by Crippen LogP contribution is 2.20. The van der Waals surface area contributed by atoms with E-state index in [-0.39, 0.29) is 5.91 Å². The van der Waals surface area contributed by atoms with Gasteiger partial charge in [0, 0.05) is 49.4 Å². The van der Waals surface area contributed by atoms with Crippen LogP contribution in [0.3, 0.4) is 0 Å². The zero-order chi connectivity index (χ0) is 19.9. The minimum Gasteiger partial charge on any atom is -0.352 e. The Labute approximate surface area is 175 Å². The van der Waals surface area contributed by atoms with E-state index in [2.05, 4.69) is 32.2 Å². The third-order valence-corrected chi connectivity index (χ3v) is 5.88. The predicted molar refractivity (Wildman–Crippen MR) is 116 cm³/mol.